The van der Waals surface area contributed by atoms with E-state index in [9.17, 15) is 4.79 Å². The molecule has 0 aliphatic carbocycles. The highest BCUT2D eigenvalue weighted by atomic mass is 16.3. The second kappa shape index (κ2) is 5.77. The second-order valence-corrected chi connectivity index (χ2v) is 5.64. The predicted octanol–water partition coefficient (Wildman–Crippen LogP) is 3.87. The van der Waals surface area contributed by atoms with Gasteiger partial charge < -0.3 is 9.73 Å². The van der Waals surface area contributed by atoms with Gasteiger partial charge in [0.15, 0.2) is 0 Å². The molecule has 2 aromatic heterocycles. The highest BCUT2D eigenvalue weighted by Gasteiger charge is 2.15. The van der Waals surface area contributed by atoms with Crippen molar-refractivity contribution >= 4 is 27.9 Å². The first-order chi connectivity index (χ1) is 11.7. The Hall–Kier alpha value is -3.21. The monoisotopic (exact) mass is 317 g/mol. The molecule has 1 amide bonds. The molecule has 24 heavy (non-hydrogen) atoms. The molecule has 0 saturated carbocycles. The third kappa shape index (κ3) is 2.60. The lowest BCUT2D eigenvalue weighted by Crippen LogP contribution is -2.26. The van der Waals surface area contributed by atoms with Crippen LogP contribution in [-0.4, -0.2) is 15.9 Å². The van der Waals surface area contributed by atoms with E-state index in [1.165, 1.54) is 0 Å². The van der Waals surface area contributed by atoms with Gasteiger partial charge >= 0.3 is 0 Å². The molecule has 5 nitrogen and oxygen atoms in total. The molecule has 0 aliphatic rings. The van der Waals surface area contributed by atoms with E-state index in [1.54, 1.807) is 30.6 Å². The Morgan fingerprint density at radius 1 is 1.04 bits per heavy atom. The number of hydrogen-bond donors (Lipinski definition) is 1. The zero-order valence-corrected chi connectivity index (χ0v) is 13.1. The lowest BCUT2D eigenvalue weighted by atomic mass is 10.1. The number of hydrogen-bond acceptors (Lipinski definition) is 4. The SMILES string of the molecule is C[C@H](NC(=O)c1ccc2nccnc2c1)c1cc2ccccc2o1. The van der Waals surface area contributed by atoms with E-state index >= 15 is 0 Å². The predicted molar refractivity (Wildman–Crippen MR) is 91.6 cm³/mol. The fourth-order valence-electron chi connectivity index (χ4n) is 2.67. The minimum atomic E-state index is -0.234. The number of nitrogens with zero attached hydrogens (tertiary/aromatic N) is 2. The van der Waals surface area contributed by atoms with Gasteiger partial charge in [-0.05, 0) is 37.3 Å². The number of fused-ring (bicyclic) bond motifs is 2. The van der Waals surface area contributed by atoms with Crippen LogP contribution in [0, 0.1) is 0 Å². The molecule has 0 bridgehead atoms. The Kier molecular flexibility index (Phi) is 3.46. The number of carbonyl (C=O) groups excluding carboxylic acids is 1. The normalized spacial score (nSPS) is 12.4. The van der Waals surface area contributed by atoms with Gasteiger partial charge in [0.25, 0.3) is 5.91 Å². The van der Waals surface area contributed by atoms with Gasteiger partial charge in [0.2, 0.25) is 0 Å². The van der Waals surface area contributed by atoms with Gasteiger partial charge in [0, 0.05) is 23.3 Å². The molecule has 4 aromatic rings. The average Bonchev–Trinajstić information content (AvgIpc) is 3.05. The summed E-state index contributed by atoms with van der Waals surface area (Å²) < 4.78 is 5.80. The average molecular weight is 317 g/mol. The summed E-state index contributed by atoms with van der Waals surface area (Å²) in [6.45, 7) is 1.90. The van der Waals surface area contributed by atoms with Crippen molar-refractivity contribution in [1.29, 1.82) is 0 Å². The Labute approximate surface area is 138 Å². The van der Waals surface area contributed by atoms with Crippen molar-refractivity contribution < 1.29 is 9.21 Å². The number of rotatable bonds is 3. The number of furan rings is 1. The first-order valence-corrected chi connectivity index (χ1v) is 7.71. The summed E-state index contributed by atoms with van der Waals surface area (Å²) >= 11 is 0. The number of benzene rings is 2. The molecule has 0 unspecified atom stereocenters. The maximum Gasteiger partial charge on any atom is 0.251 e. The molecular weight excluding hydrogens is 302 g/mol. The smallest absolute Gasteiger partial charge is 0.251 e. The van der Waals surface area contributed by atoms with Crippen LogP contribution >= 0.6 is 0 Å². The molecular formula is C19H15N3O2. The fourth-order valence-corrected chi connectivity index (χ4v) is 2.67. The van der Waals surface area contributed by atoms with Gasteiger partial charge in [0.1, 0.15) is 11.3 Å². The molecule has 0 saturated heterocycles. The van der Waals surface area contributed by atoms with E-state index in [-0.39, 0.29) is 11.9 Å². The summed E-state index contributed by atoms with van der Waals surface area (Å²) in [5.74, 6) is 0.556. The number of carbonyl (C=O) groups is 1. The van der Waals surface area contributed by atoms with E-state index < -0.39 is 0 Å². The summed E-state index contributed by atoms with van der Waals surface area (Å²) in [5, 5.41) is 3.98. The van der Waals surface area contributed by atoms with Crippen molar-refractivity contribution in [2.24, 2.45) is 0 Å². The minimum absolute atomic E-state index is 0.171. The molecule has 118 valence electrons. The van der Waals surface area contributed by atoms with Gasteiger partial charge in [-0.1, -0.05) is 18.2 Å². The van der Waals surface area contributed by atoms with Crippen molar-refractivity contribution in [2.75, 3.05) is 0 Å². The Morgan fingerprint density at radius 2 is 1.83 bits per heavy atom. The number of aromatic nitrogens is 2. The molecule has 1 atom stereocenters. The van der Waals surface area contributed by atoms with Crippen molar-refractivity contribution in [3.05, 3.63) is 72.2 Å². The lowest BCUT2D eigenvalue weighted by molar-refractivity contribution is 0.0936. The zero-order valence-electron chi connectivity index (χ0n) is 13.1. The summed E-state index contributed by atoms with van der Waals surface area (Å²) in [6.07, 6.45) is 3.24. The highest BCUT2D eigenvalue weighted by Crippen LogP contribution is 2.24. The van der Waals surface area contributed by atoms with E-state index in [0.717, 1.165) is 22.2 Å². The van der Waals surface area contributed by atoms with Crippen LogP contribution in [0.3, 0.4) is 0 Å². The lowest BCUT2D eigenvalue weighted by Gasteiger charge is -2.11. The summed E-state index contributed by atoms with van der Waals surface area (Å²) in [7, 11) is 0. The molecule has 0 spiro atoms. The van der Waals surface area contributed by atoms with E-state index in [1.807, 2.05) is 37.3 Å². The first-order valence-electron chi connectivity index (χ1n) is 7.71. The Bertz CT molecular complexity index is 1010. The largest absolute Gasteiger partial charge is 0.459 e. The van der Waals surface area contributed by atoms with Crippen molar-refractivity contribution in [3.8, 4) is 0 Å². The van der Waals surface area contributed by atoms with E-state index in [0.29, 0.717) is 11.1 Å². The summed E-state index contributed by atoms with van der Waals surface area (Å²) in [5.41, 5.74) is 2.82. The molecule has 5 heteroatoms. The molecule has 0 aliphatic heterocycles. The number of nitrogens with one attached hydrogen (secondary N) is 1. The molecule has 2 heterocycles. The van der Waals surface area contributed by atoms with Crippen molar-refractivity contribution in [1.82, 2.24) is 15.3 Å². The van der Waals surface area contributed by atoms with Gasteiger partial charge in [0.05, 0.1) is 17.1 Å². The molecule has 2 aromatic carbocycles. The van der Waals surface area contributed by atoms with Gasteiger partial charge in [-0.25, -0.2) is 0 Å². The first kappa shape index (κ1) is 14.4. The van der Waals surface area contributed by atoms with E-state index in [4.69, 9.17) is 4.42 Å². The van der Waals surface area contributed by atoms with Crippen LogP contribution in [0.15, 0.2) is 65.3 Å². The van der Waals surface area contributed by atoms with Crippen LogP contribution in [0.5, 0.6) is 0 Å². The van der Waals surface area contributed by atoms with Crippen molar-refractivity contribution in [3.63, 3.8) is 0 Å². The van der Waals surface area contributed by atoms with Gasteiger partial charge in [-0.3, -0.25) is 14.8 Å². The summed E-state index contributed by atoms with van der Waals surface area (Å²) in [6, 6.07) is 14.8. The van der Waals surface area contributed by atoms with Crippen LogP contribution in [0.1, 0.15) is 29.1 Å². The Balaban J connectivity index is 1.57. The van der Waals surface area contributed by atoms with Crippen molar-refractivity contribution in [2.45, 2.75) is 13.0 Å². The van der Waals surface area contributed by atoms with Gasteiger partial charge in [-0.15, -0.1) is 0 Å². The quantitative estimate of drug-likeness (QED) is 0.623. The standard InChI is InChI=1S/C19H15N3O2/c1-12(18-11-13-4-2-3-5-17(13)24-18)22-19(23)14-6-7-15-16(10-14)21-9-8-20-15/h2-12H,1H3,(H,22,23)/t12-/m0/s1. The summed E-state index contributed by atoms with van der Waals surface area (Å²) in [4.78, 5) is 20.9. The zero-order chi connectivity index (χ0) is 16.5. The minimum Gasteiger partial charge on any atom is -0.459 e. The maximum absolute atomic E-state index is 12.5. The third-order valence-electron chi connectivity index (χ3n) is 3.95. The molecule has 0 fully saturated rings. The number of para-hydroxylation sites is 1. The van der Waals surface area contributed by atoms with Crippen LogP contribution < -0.4 is 5.32 Å². The topological polar surface area (TPSA) is 68.0 Å². The van der Waals surface area contributed by atoms with Gasteiger partial charge in [-0.2, -0.15) is 0 Å². The third-order valence-corrected chi connectivity index (χ3v) is 3.95. The second-order valence-electron chi connectivity index (χ2n) is 5.64. The number of amides is 1. The highest BCUT2D eigenvalue weighted by molar-refractivity contribution is 5.97. The molecule has 1 N–H and O–H groups in total. The van der Waals surface area contributed by atoms with Crippen LogP contribution in [0.25, 0.3) is 22.0 Å². The maximum atomic E-state index is 12.5. The van der Waals surface area contributed by atoms with Crippen LogP contribution in [0.2, 0.25) is 0 Å². The molecule has 0 radical (unpaired) electrons. The fraction of sp³-hybridized carbons (Fsp3) is 0.105. The Morgan fingerprint density at radius 3 is 2.67 bits per heavy atom. The molecule has 4 rings (SSSR count). The van der Waals surface area contributed by atoms with E-state index in [2.05, 4.69) is 15.3 Å². The van der Waals surface area contributed by atoms with Crippen LogP contribution in [0.4, 0.5) is 0 Å². The van der Waals surface area contributed by atoms with Crippen LogP contribution in [-0.2, 0) is 0 Å².